The van der Waals surface area contributed by atoms with Crippen LogP contribution < -0.4 is 0 Å². The lowest BCUT2D eigenvalue weighted by Gasteiger charge is -2.41. The van der Waals surface area contributed by atoms with E-state index < -0.39 is 6.17 Å². The highest BCUT2D eigenvalue weighted by molar-refractivity contribution is 4.83. The zero-order chi connectivity index (χ0) is 11.5. The van der Waals surface area contributed by atoms with Gasteiger partial charge in [-0.05, 0) is 51.2 Å². The number of rotatable bonds is 4. The molecule has 3 heteroatoms. The summed E-state index contributed by atoms with van der Waals surface area (Å²) < 4.78 is 13.5. The Balaban J connectivity index is 1.65. The first-order valence-electron chi connectivity index (χ1n) is 6.74. The van der Waals surface area contributed by atoms with Crippen LogP contribution in [0.5, 0.6) is 0 Å². The van der Waals surface area contributed by atoms with Gasteiger partial charge in [0.1, 0.15) is 6.17 Å². The summed E-state index contributed by atoms with van der Waals surface area (Å²) in [6.07, 6.45) is 2.27. The summed E-state index contributed by atoms with van der Waals surface area (Å²) >= 11 is 0. The molecule has 2 rings (SSSR count). The number of halogens is 1. The topological polar surface area (TPSA) is 6.48 Å². The highest BCUT2D eigenvalue weighted by atomic mass is 19.1. The van der Waals surface area contributed by atoms with Crippen molar-refractivity contribution in [3.8, 4) is 0 Å². The van der Waals surface area contributed by atoms with Gasteiger partial charge >= 0.3 is 0 Å². The van der Waals surface area contributed by atoms with Gasteiger partial charge in [0.2, 0.25) is 0 Å². The zero-order valence-corrected chi connectivity index (χ0v) is 10.7. The summed E-state index contributed by atoms with van der Waals surface area (Å²) in [6.45, 7) is 7.93. The van der Waals surface area contributed by atoms with Crippen molar-refractivity contribution in [2.24, 2.45) is 11.8 Å². The van der Waals surface area contributed by atoms with E-state index in [1.165, 1.54) is 19.6 Å². The van der Waals surface area contributed by atoms with Gasteiger partial charge in [0.25, 0.3) is 0 Å². The smallest absolute Gasteiger partial charge is 0.103 e. The summed E-state index contributed by atoms with van der Waals surface area (Å²) in [5.74, 6) is 1.21. The van der Waals surface area contributed by atoms with Crippen LogP contribution >= 0.6 is 0 Å². The Kier molecular flexibility index (Phi) is 4.20. The van der Waals surface area contributed by atoms with Crippen LogP contribution in [-0.2, 0) is 0 Å². The number of nitrogens with zero attached hydrogens (tertiary/aromatic N) is 2. The molecule has 2 aliphatic heterocycles. The van der Waals surface area contributed by atoms with E-state index in [0.29, 0.717) is 12.3 Å². The first-order valence-corrected chi connectivity index (χ1v) is 6.74. The molecule has 2 heterocycles. The molecule has 2 fully saturated rings. The molecule has 1 atom stereocenters. The van der Waals surface area contributed by atoms with Crippen molar-refractivity contribution < 1.29 is 4.39 Å². The highest BCUT2D eigenvalue weighted by Gasteiger charge is 2.29. The number of piperidine rings is 1. The molecule has 0 aromatic rings. The van der Waals surface area contributed by atoms with Gasteiger partial charge in [-0.15, -0.1) is 0 Å². The molecule has 0 unspecified atom stereocenters. The van der Waals surface area contributed by atoms with Gasteiger partial charge in [-0.25, -0.2) is 4.39 Å². The molecule has 0 aromatic carbocycles. The van der Waals surface area contributed by atoms with Gasteiger partial charge in [-0.1, -0.05) is 6.92 Å². The molecule has 2 nitrogen and oxygen atoms in total. The molecule has 0 spiro atoms. The lowest BCUT2D eigenvalue weighted by molar-refractivity contribution is 0.0603. The van der Waals surface area contributed by atoms with E-state index in [0.717, 1.165) is 31.8 Å². The van der Waals surface area contributed by atoms with Crippen LogP contribution in [0.25, 0.3) is 0 Å². The Labute approximate surface area is 98.8 Å². The lowest BCUT2D eigenvalue weighted by Crippen LogP contribution is -2.50. The molecule has 0 radical (unpaired) electrons. The largest absolute Gasteiger partial charge is 0.306 e. The Hall–Kier alpha value is -0.150. The predicted molar refractivity (Wildman–Crippen MR) is 65.3 cm³/mol. The molecular formula is C13H25FN2. The predicted octanol–water partition coefficient (Wildman–Crippen LogP) is 2.01. The fourth-order valence-electron chi connectivity index (χ4n) is 3.14. The first-order chi connectivity index (χ1) is 7.69. The number of alkyl halides is 1. The molecule has 0 N–H and O–H groups in total. The number of hydrogen-bond donors (Lipinski definition) is 0. The minimum absolute atomic E-state index is 0.338. The minimum Gasteiger partial charge on any atom is -0.306 e. The second-order valence-corrected chi connectivity index (χ2v) is 5.65. The Bertz CT molecular complexity index is 208. The Morgan fingerprint density at radius 2 is 1.88 bits per heavy atom. The molecule has 94 valence electrons. The maximum Gasteiger partial charge on any atom is 0.103 e. The summed E-state index contributed by atoms with van der Waals surface area (Å²) in [5, 5.41) is 0. The van der Waals surface area contributed by atoms with Crippen LogP contribution in [0, 0.1) is 11.8 Å². The third-order valence-electron chi connectivity index (χ3n) is 4.19. The second kappa shape index (κ2) is 5.46. The van der Waals surface area contributed by atoms with E-state index in [1.54, 1.807) is 0 Å². The van der Waals surface area contributed by atoms with Crippen molar-refractivity contribution in [3.63, 3.8) is 0 Å². The van der Waals surface area contributed by atoms with E-state index in [4.69, 9.17) is 0 Å². The standard InChI is InChI=1S/C13H25FN2/c1-3-13(14)12-4-6-16(7-5-12)10-11-8-15(2)9-11/h11-13H,3-10H2,1-2H3/t13-/m1/s1. The van der Waals surface area contributed by atoms with E-state index in [1.807, 2.05) is 6.92 Å². The van der Waals surface area contributed by atoms with E-state index in [9.17, 15) is 4.39 Å². The molecule has 2 saturated heterocycles. The van der Waals surface area contributed by atoms with Gasteiger partial charge in [-0.2, -0.15) is 0 Å². The maximum absolute atomic E-state index is 13.5. The Morgan fingerprint density at radius 3 is 2.38 bits per heavy atom. The molecular weight excluding hydrogens is 203 g/mol. The van der Waals surface area contributed by atoms with Gasteiger partial charge in [0.15, 0.2) is 0 Å². The van der Waals surface area contributed by atoms with Crippen LogP contribution in [0.15, 0.2) is 0 Å². The molecule has 0 bridgehead atoms. The van der Waals surface area contributed by atoms with E-state index in [-0.39, 0.29) is 0 Å². The second-order valence-electron chi connectivity index (χ2n) is 5.65. The SMILES string of the molecule is CC[C@@H](F)C1CCN(CC2CN(C)C2)CC1. The zero-order valence-electron chi connectivity index (χ0n) is 10.7. The average molecular weight is 228 g/mol. The van der Waals surface area contributed by atoms with Crippen LogP contribution in [0.1, 0.15) is 26.2 Å². The van der Waals surface area contributed by atoms with Crippen LogP contribution in [0.4, 0.5) is 4.39 Å². The van der Waals surface area contributed by atoms with Gasteiger partial charge in [0, 0.05) is 19.6 Å². The van der Waals surface area contributed by atoms with E-state index >= 15 is 0 Å². The van der Waals surface area contributed by atoms with Crippen LogP contribution in [0.3, 0.4) is 0 Å². The van der Waals surface area contributed by atoms with Crippen molar-refractivity contribution in [3.05, 3.63) is 0 Å². The molecule has 0 aliphatic carbocycles. The van der Waals surface area contributed by atoms with Gasteiger partial charge < -0.3 is 9.80 Å². The molecule has 0 aromatic heterocycles. The Morgan fingerprint density at radius 1 is 1.25 bits per heavy atom. The fraction of sp³-hybridized carbons (Fsp3) is 1.00. The van der Waals surface area contributed by atoms with Gasteiger partial charge in [-0.3, -0.25) is 0 Å². The average Bonchev–Trinajstić information content (AvgIpc) is 2.27. The minimum atomic E-state index is -0.558. The normalized spacial score (nSPS) is 27.9. The summed E-state index contributed by atoms with van der Waals surface area (Å²) in [4.78, 5) is 4.91. The molecule has 2 aliphatic rings. The third-order valence-corrected chi connectivity index (χ3v) is 4.19. The molecule has 0 saturated carbocycles. The van der Waals surface area contributed by atoms with E-state index in [2.05, 4.69) is 16.8 Å². The van der Waals surface area contributed by atoms with Crippen LogP contribution in [0.2, 0.25) is 0 Å². The molecule has 16 heavy (non-hydrogen) atoms. The van der Waals surface area contributed by atoms with Crippen molar-refractivity contribution in [1.29, 1.82) is 0 Å². The monoisotopic (exact) mass is 228 g/mol. The summed E-state index contributed by atoms with van der Waals surface area (Å²) in [6, 6.07) is 0. The number of hydrogen-bond acceptors (Lipinski definition) is 2. The molecule has 0 amide bonds. The van der Waals surface area contributed by atoms with Crippen molar-refractivity contribution in [2.45, 2.75) is 32.4 Å². The van der Waals surface area contributed by atoms with Crippen molar-refractivity contribution >= 4 is 0 Å². The van der Waals surface area contributed by atoms with Crippen molar-refractivity contribution in [2.75, 3.05) is 39.8 Å². The highest BCUT2D eigenvalue weighted by Crippen LogP contribution is 2.25. The quantitative estimate of drug-likeness (QED) is 0.726. The fourth-order valence-corrected chi connectivity index (χ4v) is 3.14. The summed E-state index contributed by atoms with van der Waals surface area (Å²) in [5.41, 5.74) is 0. The third kappa shape index (κ3) is 2.95. The number of likely N-dealkylation sites (tertiary alicyclic amines) is 2. The van der Waals surface area contributed by atoms with Crippen LogP contribution in [-0.4, -0.2) is 55.7 Å². The first kappa shape index (κ1) is 12.3. The lowest BCUT2D eigenvalue weighted by atomic mass is 9.90. The summed E-state index contributed by atoms with van der Waals surface area (Å²) in [7, 11) is 2.18. The van der Waals surface area contributed by atoms with Crippen molar-refractivity contribution in [1.82, 2.24) is 9.80 Å². The van der Waals surface area contributed by atoms with Gasteiger partial charge in [0.05, 0.1) is 0 Å². The maximum atomic E-state index is 13.5.